The van der Waals surface area contributed by atoms with Crippen molar-refractivity contribution in [3.63, 3.8) is 0 Å². The number of alkyl halides is 1. The van der Waals surface area contributed by atoms with Crippen molar-refractivity contribution in [1.29, 1.82) is 0 Å². The predicted octanol–water partition coefficient (Wildman–Crippen LogP) is 1.92. The molecular formula is C10H13ClNO2S. The molecule has 0 spiro atoms. The number of rotatable bonds is 5. The maximum absolute atomic E-state index is 11.6. The Kier molecular flexibility index (Phi) is 4.42. The molecular weight excluding hydrogens is 234 g/mol. The number of para-hydroxylation sites is 1. The number of hydrogen-bond acceptors (Lipinski definition) is 2. The van der Waals surface area contributed by atoms with E-state index >= 15 is 0 Å². The highest BCUT2D eigenvalue weighted by Crippen LogP contribution is 2.11. The van der Waals surface area contributed by atoms with E-state index in [1.54, 1.807) is 19.1 Å². The standard InChI is InChI=1S/C10H13ClNO2S/c1-9(15(13,14)8-7-11)12-10-5-3-2-4-6-10/h2-6,9H,7-8H2,1H3. The molecule has 0 aliphatic carbocycles. The van der Waals surface area contributed by atoms with E-state index in [1.165, 1.54) is 0 Å². The Morgan fingerprint density at radius 3 is 2.47 bits per heavy atom. The monoisotopic (exact) mass is 246 g/mol. The molecule has 5 heteroatoms. The maximum atomic E-state index is 11.6. The van der Waals surface area contributed by atoms with Gasteiger partial charge in [0.05, 0.1) is 11.4 Å². The fraction of sp³-hybridized carbons (Fsp3) is 0.400. The molecule has 0 fully saturated rings. The molecule has 0 saturated carbocycles. The first-order chi connectivity index (χ1) is 7.06. The van der Waals surface area contributed by atoms with Crippen molar-refractivity contribution >= 4 is 27.1 Å². The van der Waals surface area contributed by atoms with E-state index in [4.69, 9.17) is 11.6 Å². The van der Waals surface area contributed by atoms with Gasteiger partial charge in [-0.25, -0.2) is 8.42 Å². The summed E-state index contributed by atoms with van der Waals surface area (Å²) in [5.74, 6) is 0.0725. The number of nitrogens with zero attached hydrogens (tertiary/aromatic N) is 1. The lowest BCUT2D eigenvalue weighted by molar-refractivity contribution is 0.577. The molecule has 0 amide bonds. The van der Waals surface area contributed by atoms with Gasteiger partial charge in [0.25, 0.3) is 0 Å². The van der Waals surface area contributed by atoms with Crippen LogP contribution in [0.5, 0.6) is 0 Å². The number of benzene rings is 1. The average Bonchev–Trinajstić information content (AvgIpc) is 2.19. The van der Waals surface area contributed by atoms with Crippen molar-refractivity contribution in [1.82, 2.24) is 5.32 Å². The van der Waals surface area contributed by atoms with Crippen molar-refractivity contribution in [3.05, 3.63) is 30.3 Å². The van der Waals surface area contributed by atoms with Crippen molar-refractivity contribution < 1.29 is 8.42 Å². The van der Waals surface area contributed by atoms with Gasteiger partial charge in [0, 0.05) is 5.88 Å². The highest BCUT2D eigenvalue weighted by Gasteiger charge is 2.20. The van der Waals surface area contributed by atoms with Crippen molar-refractivity contribution in [2.45, 2.75) is 12.3 Å². The molecule has 83 valence electrons. The summed E-state index contributed by atoms with van der Waals surface area (Å²) in [6.07, 6.45) is 0. The van der Waals surface area contributed by atoms with E-state index < -0.39 is 15.2 Å². The number of hydrogen-bond donors (Lipinski definition) is 0. The second-order valence-corrected chi connectivity index (χ2v) is 5.91. The van der Waals surface area contributed by atoms with Crippen molar-refractivity contribution in [2.75, 3.05) is 11.6 Å². The van der Waals surface area contributed by atoms with E-state index in [0.29, 0.717) is 5.69 Å². The van der Waals surface area contributed by atoms with E-state index in [2.05, 4.69) is 5.32 Å². The van der Waals surface area contributed by atoms with Gasteiger partial charge < -0.3 is 0 Å². The summed E-state index contributed by atoms with van der Waals surface area (Å²) >= 11 is 5.41. The molecule has 3 nitrogen and oxygen atoms in total. The fourth-order valence-corrected chi connectivity index (χ4v) is 2.57. The van der Waals surface area contributed by atoms with Gasteiger partial charge in [-0.05, 0) is 19.1 Å². The third-order valence-electron chi connectivity index (χ3n) is 1.97. The third-order valence-corrected chi connectivity index (χ3v) is 4.30. The van der Waals surface area contributed by atoms with Crippen LogP contribution in [0.4, 0.5) is 5.69 Å². The highest BCUT2D eigenvalue weighted by molar-refractivity contribution is 7.92. The smallest absolute Gasteiger partial charge is 0.174 e. The first-order valence-electron chi connectivity index (χ1n) is 4.59. The largest absolute Gasteiger partial charge is 0.266 e. The van der Waals surface area contributed by atoms with Crippen LogP contribution in [0.2, 0.25) is 0 Å². The molecule has 1 atom stereocenters. The van der Waals surface area contributed by atoms with E-state index in [-0.39, 0.29) is 11.6 Å². The van der Waals surface area contributed by atoms with Crippen LogP contribution >= 0.6 is 11.6 Å². The van der Waals surface area contributed by atoms with Gasteiger partial charge in [0.2, 0.25) is 0 Å². The number of halogens is 1. The topological polar surface area (TPSA) is 48.2 Å². The zero-order valence-electron chi connectivity index (χ0n) is 8.43. The molecule has 0 aliphatic rings. The molecule has 0 bridgehead atoms. The zero-order chi connectivity index (χ0) is 11.3. The predicted molar refractivity (Wildman–Crippen MR) is 62.2 cm³/mol. The molecule has 0 saturated heterocycles. The summed E-state index contributed by atoms with van der Waals surface area (Å²) in [5, 5.41) is 3.37. The van der Waals surface area contributed by atoms with Gasteiger partial charge in [0.15, 0.2) is 9.84 Å². The Balaban J connectivity index is 2.68. The molecule has 0 aliphatic heterocycles. The summed E-state index contributed by atoms with van der Waals surface area (Å²) in [4.78, 5) is 0. The maximum Gasteiger partial charge on any atom is 0.174 e. The van der Waals surface area contributed by atoms with Gasteiger partial charge in [-0.1, -0.05) is 18.2 Å². The lowest BCUT2D eigenvalue weighted by Gasteiger charge is -2.12. The van der Waals surface area contributed by atoms with Gasteiger partial charge in [-0.15, -0.1) is 11.6 Å². The van der Waals surface area contributed by atoms with Crippen LogP contribution in [0.1, 0.15) is 6.92 Å². The minimum atomic E-state index is -3.21. The second-order valence-electron chi connectivity index (χ2n) is 3.12. The van der Waals surface area contributed by atoms with Crippen LogP contribution < -0.4 is 5.32 Å². The summed E-state index contributed by atoms with van der Waals surface area (Å²) in [6, 6.07) is 9.04. The average molecular weight is 247 g/mol. The summed E-state index contributed by atoms with van der Waals surface area (Å²) in [6.45, 7) is 1.56. The van der Waals surface area contributed by atoms with Gasteiger partial charge in [0.1, 0.15) is 5.37 Å². The van der Waals surface area contributed by atoms with Crippen LogP contribution in [-0.2, 0) is 9.84 Å². The highest BCUT2D eigenvalue weighted by atomic mass is 35.5. The first-order valence-corrected chi connectivity index (χ1v) is 6.84. The van der Waals surface area contributed by atoms with Gasteiger partial charge in [-0.3, -0.25) is 5.32 Å². The Hall–Kier alpha value is -0.740. The fourth-order valence-electron chi connectivity index (χ4n) is 1.08. The Bertz CT molecular complexity index is 391. The summed E-state index contributed by atoms with van der Waals surface area (Å²) < 4.78 is 23.1. The Labute approximate surface area is 95.4 Å². The molecule has 1 radical (unpaired) electrons. The summed E-state index contributed by atoms with van der Waals surface area (Å²) in [5.41, 5.74) is 0.670. The first kappa shape index (κ1) is 12.3. The normalized spacial score (nSPS) is 13.5. The van der Waals surface area contributed by atoms with E-state index in [1.807, 2.05) is 18.2 Å². The lowest BCUT2D eigenvalue weighted by Crippen LogP contribution is -2.28. The molecule has 15 heavy (non-hydrogen) atoms. The molecule has 0 heterocycles. The van der Waals surface area contributed by atoms with Crippen molar-refractivity contribution in [2.24, 2.45) is 0 Å². The SMILES string of the molecule is CC([N]c1ccccc1)S(=O)(=O)CCCl. The van der Waals surface area contributed by atoms with Crippen molar-refractivity contribution in [3.8, 4) is 0 Å². The van der Waals surface area contributed by atoms with E-state index in [9.17, 15) is 8.42 Å². The van der Waals surface area contributed by atoms with Crippen LogP contribution in [0.15, 0.2) is 30.3 Å². The Morgan fingerprint density at radius 1 is 1.33 bits per heavy atom. The molecule has 1 aromatic rings. The molecule has 0 aromatic heterocycles. The molecule has 1 unspecified atom stereocenters. The minimum Gasteiger partial charge on any atom is -0.266 e. The Morgan fingerprint density at radius 2 is 1.93 bits per heavy atom. The molecule has 0 N–H and O–H groups in total. The molecule has 1 aromatic carbocycles. The minimum absolute atomic E-state index is 0.0357. The second kappa shape index (κ2) is 5.37. The zero-order valence-corrected chi connectivity index (χ0v) is 10.0. The molecule has 1 rings (SSSR count). The number of sulfone groups is 1. The van der Waals surface area contributed by atoms with Gasteiger partial charge >= 0.3 is 0 Å². The lowest BCUT2D eigenvalue weighted by atomic mass is 10.3. The quantitative estimate of drug-likeness (QED) is 0.746. The van der Waals surface area contributed by atoms with Crippen LogP contribution in [0.25, 0.3) is 0 Å². The van der Waals surface area contributed by atoms with Crippen LogP contribution in [0.3, 0.4) is 0 Å². The van der Waals surface area contributed by atoms with Gasteiger partial charge in [-0.2, -0.15) is 0 Å². The van der Waals surface area contributed by atoms with E-state index in [0.717, 1.165) is 0 Å². The summed E-state index contributed by atoms with van der Waals surface area (Å²) in [7, 11) is -3.21. The van der Waals surface area contributed by atoms with Crippen LogP contribution in [-0.4, -0.2) is 25.4 Å². The van der Waals surface area contributed by atoms with Crippen LogP contribution in [0, 0.1) is 0 Å². The third kappa shape index (κ3) is 3.72.